The molecule has 7 nitrogen and oxygen atoms in total. The minimum atomic E-state index is -0.489. The summed E-state index contributed by atoms with van der Waals surface area (Å²) in [5.74, 6) is 0.00667. The number of ether oxygens (including phenoxy) is 2. The second-order valence-electron chi connectivity index (χ2n) is 6.89. The van der Waals surface area contributed by atoms with Crippen molar-refractivity contribution < 1.29 is 23.1 Å². The Bertz CT molecular complexity index is 1280. The van der Waals surface area contributed by atoms with E-state index in [1.165, 1.54) is 7.11 Å². The maximum atomic E-state index is 12.9. The summed E-state index contributed by atoms with van der Waals surface area (Å²) in [6.07, 6.45) is 0. The van der Waals surface area contributed by atoms with E-state index in [4.69, 9.17) is 18.3 Å². The Morgan fingerprint density at radius 2 is 1.83 bits per heavy atom. The van der Waals surface area contributed by atoms with Crippen molar-refractivity contribution >= 4 is 33.8 Å². The van der Waals surface area contributed by atoms with E-state index in [1.54, 1.807) is 37.4 Å². The van der Waals surface area contributed by atoms with Crippen molar-refractivity contribution in [3.63, 3.8) is 0 Å². The van der Waals surface area contributed by atoms with Crippen LogP contribution in [0.4, 0.5) is 5.88 Å². The predicted octanol–water partition coefficient (Wildman–Crippen LogP) is 4.36. The molecule has 0 spiro atoms. The van der Waals surface area contributed by atoms with Crippen LogP contribution in [0.15, 0.2) is 56.1 Å². The fourth-order valence-electron chi connectivity index (χ4n) is 3.43. The Kier molecular flexibility index (Phi) is 5.29. The number of benzene rings is 2. The van der Waals surface area contributed by atoms with Crippen molar-refractivity contribution in [1.29, 1.82) is 0 Å². The third kappa shape index (κ3) is 3.44. The largest absolute Gasteiger partial charge is 0.465 e. The summed E-state index contributed by atoms with van der Waals surface area (Å²) < 4.78 is 21.6. The average molecular weight is 407 g/mol. The third-order valence-electron chi connectivity index (χ3n) is 4.88. The van der Waals surface area contributed by atoms with Crippen LogP contribution in [-0.4, -0.2) is 33.3 Å². The van der Waals surface area contributed by atoms with Gasteiger partial charge >= 0.3 is 11.6 Å². The zero-order chi connectivity index (χ0) is 21.3. The molecule has 0 aliphatic carbocycles. The number of anilines is 1. The van der Waals surface area contributed by atoms with E-state index in [-0.39, 0.29) is 0 Å². The first-order chi connectivity index (χ1) is 14.5. The number of carbonyl (C=O) groups excluding carboxylic acids is 1. The van der Waals surface area contributed by atoms with Crippen LogP contribution in [0.2, 0.25) is 0 Å². The molecule has 0 unspecified atom stereocenters. The fourth-order valence-corrected chi connectivity index (χ4v) is 3.43. The number of nitrogens with one attached hydrogen (secondary N) is 1. The highest BCUT2D eigenvalue weighted by Gasteiger charge is 2.23. The van der Waals surface area contributed by atoms with Gasteiger partial charge in [-0.25, -0.2) is 9.59 Å². The zero-order valence-electron chi connectivity index (χ0n) is 16.9. The Balaban J connectivity index is 1.96. The molecule has 7 heteroatoms. The summed E-state index contributed by atoms with van der Waals surface area (Å²) in [4.78, 5) is 24.6. The minimum absolute atomic E-state index is 0.346. The number of methoxy groups -OCH3 is 2. The summed E-state index contributed by atoms with van der Waals surface area (Å²) in [6.45, 7) is 2.92. The lowest BCUT2D eigenvalue weighted by Gasteiger charge is -2.06. The quantitative estimate of drug-likeness (QED) is 0.288. The summed E-state index contributed by atoms with van der Waals surface area (Å²) in [7, 11) is 2.94. The van der Waals surface area contributed by atoms with Gasteiger partial charge in [0, 0.05) is 13.7 Å². The van der Waals surface area contributed by atoms with Crippen LogP contribution in [-0.2, 0) is 9.47 Å². The highest BCUT2D eigenvalue weighted by molar-refractivity contribution is 6.10. The number of furan rings is 1. The van der Waals surface area contributed by atoms with E-state index in [2.05, 4.69) is 5.32 Å². The Morgan fingerprint density at radius 3 is 2.53 bits per heavy atom. The topological polar surface area (TPSA) is 90.9 Å². The number of carbonyl (C=O) groups is 1. The molecule has 2 heterocycles. The van der Waals surface area contributed by atoms with Crippen LogP contribution < -0.4 is 10.9 Å². The lowest BCUT2D eigenvalue weighted by atomic mass is 10.0. The Morgan fingerprint density at radius 1 is 1.07 bits per heavy atom. The lowest BCUT2D eigenvalue weighted by molar-refractivity contribution is 0.0600. The number of esters is 1. The third-order valence-corrected chi connectivity index (χ3v) is 4.88. The number of fused-ring (bicyclic) bond motifs is 3. The number of hydrogen-bond donors (Lipinski definition) is 1. The first-order valence-corrected chi connectivity index (χ1v) is 9.45. The summed E-state index contributed by atoms with van der Waals surface area (Å²) in [6, 6.07) is 12.3. The fraction of sp³-hybridized carbons (Fsp3) is 0.217. The molecule has 0 aliphatic rings. The number of rotatable bonds is 6. The first-order valence-electron chi connectivity index (χ1n) is 9.45. The molecule has 0 bridgehead atoms. The van der Waals surface area contributed by atoms with Crippen molar-refractivity contribution in [3.05, 3.63) is 64.0 Å². The van der Waals surface area contributed by atoms with Crippen molar-refractivity contribution in [2.24, 2.45) is 0 Å². The Labute approximate surface area is 172 Å². The molecule has 0 saturated heterocycles. The minimum Gasteiger partial charge on any atom is -0.465 e. The first kappa shape index (κ1) is 19.7. The molecular formula is C23H21NO6. The van der Waals surface area contributed by atoms with Gasteiger partial charge in [0.05, 0.1) is 30.2 Å². The molecule has 30 heavy (non-hydrogen) atoms. The molecule has 2 aromatic carbocycles. The molecule has 2 aromatic heterocycles. The zero-order valence-corrected chi connectivity index (χ0v) is 16.9. The highest BCUT2D eigenvalue weighted by Crippen LogP contribution is 2.39. The van der Waals surface area contributed by atoms with Gasteiger partial charge in [-0.15, -0.1) is 0 Å². The average Bonchev–Trinajstić information content (AvgIpc) is 3.14. The van der Waals surface area contributed by atoms with Crippen LogP contribution in [0, 0.1) is 6.92 Å². The highest BCUT2D eigenvalue weighted by atomic mass is 16.5. The number of hydrogen-bond acceptors (Lipinski definition) is 7. The van der Waals surface area contributed by atoms with E-state index in [1.807, 2.05) is 19.1 Å². The van der Waals surface area contributed by atoms with Gasteiger partial charge in [-0.05, 0) is 36.8 Å². The van der Waals surface area contributed by atoms with E-state index in [0.717, 1.165) is 10.9 Å². The molecule has 1 N–H and O–H groups in total. The smallest absolute Gasteiger partial charge is 0.348 e. The van der Waals surface area contributed by atoms with Crippen LogP contribution in [0.3, 0.4) is 0 Å². The van der Waals surface area contributed by atoms with E-state index < -0.39 is 11.6 Å². The van der Waals surface area contributed by atoms with Gasteiger partial charge < -0.3 is 23.6 Å². The molecule has 4 rings (SSSR count). The van der Waals surface area contributed by atoms with Gasteiger partial charge in [-0.2, -0.15) is 0 Å². The summed E-state index contributed by atoms with van der Waals surface area (Å²) >= 11 is 0. The molecule has 0 atom stereocenters. The van der Waals surface area contributed by atoms with Gasteiger partial charge in [0.15, 0.2) is 5.58 Å². The second-order valence-corrected chi connectivity index (χ2v) is 6.89. The van der Waals surface area contributed by atoms with Gasteiger partial charge in [-0.1, -0.05) is 23.8 Å². The molecule has 0 fully saturated rings. The molecular weight excluding hydrogens is 386 g/mol. The molecule has 4 aromatic rings. The molecule has 0 saturated carbocycles. The van der Waals surface area contributed by atoms with Crippen molar-refractivity contribution in [1.82, 2.24) is 0 Å². The van der Waals surface area contributed by atoms with E-state index in [9.17, 15) is 9.59 Å². The maximum absolute atomic E-state index is 12.9. The lowest BCUT2D eigenvalue weighted by Crippen LogP contribution is -2.08. The van der Waals surface area contributed by atoms with Crippen molar-refractivity contribution in [2.45, 2.75) is 6.92 Å². The normalized spacial score (nSPS) is 11.2. The van der Waals surface area contributed by atoms with Crippen LogP contribution in [0.1, 0.15) is 15.9 Å². The van der Waals surface area contributed by atoms with Crippen molar-refractivity contribution in [2.75, 3.05) is 32.7 Å². The predicted molar refractivity (Wildman–Crippen MR) is 114 cm³/mol. The number of aryl methyl sites for hydroxylation is 1. The standard InChI is InChI=1S/C23H21NO6/c1-13-4-9-17-16(12-13)20-19(23(26)29-17)18(21(30-20)24-10-11-27-2)14-5-7-15(8-6-14)22(25)28-3/h4-9,12,24H,10-11H2,1-3H3. The monoisotopic (exact) mass is 407 g/mol. The van der Waals surface area contributed by atoms with Crippen LogP contribution in [0.25, 0.3) is 33.1 Å². The molecule has 154 valence electrons. The summed E-state index contributed by atoms with van der Waals surface area (Å²) in [5, 5.41) is 4.26. The van der Waals surface area contributed by atoms with Crippen LogP contribution in [0.5, 0.6) is 0 Å². The molecule has 0 aliphatic heterocycles. The Hall–Kier alpha value is -3.58. The van der Waals surface area contributed by atoms with E-state index >= 15 is 0 Å². The molecule has 0 radical (unpaired) electrons. The summed E-state index contributed by atoms with van der Waals surface area (Å²) in [5.41, 5.74) is 3.15. The van der Waals surface area contributed by atoms with Crippen LogP contribution >= 0.6 is 0 Å². The SMILES string of the molecule is COCCNc1oc2c(c1-c1ccc(C(=O)OC)cc1)c(=O)oc1ccc(C)cc12. The molecule has 0 amide bonds. The van der Waals surface area contributed by atoms with Gasteiger partial charge in [-0.3, -0.25) is 0 Å². The van der Waals surface area contributed by atoms with Crippen molar-refractivity contribution in [3.8, 4) is 11.1 Å². The van der Waals surface area contributed by atoms with E-state index in [0.29, 0.717) is 52.3 Å². The van der Waals surface area contributed by atoms with Gasteiger partial charge in [0.2, 0.25) is 5.88 Å². The van der Waals surface area contributed by atoms with Gasteiger partial charge in [0.25, 0.3) is 0 Å². The van der Waals surface area contributed by atoms with Gasteiger partial charge in [0.1, 0.15) is 11.0 Å². The maximum Gasteiger partial charge on any atom is 0.348 e. The second kappa shape index (κ2) is 8.04.